The summed E-state index contributed by atoms with van der Waals surface area (Å²) >= 11 is 1.45. The normalized spacial score (nSPS) is 13.5. The van der Waals surface area contributed by atoms with Crippen molar-refractivity contribution in [3.63, 3.8) is 0 Å². The third-order valence-electron chi connectivity index (χ3n) is 2.66. The second-order valence-electron chi connectivity index (χ2n) is 4.10. The van der Waals surface area contributed by atoms with Gasteiger partial charge in [-0.05, 0) is 24.6 Å². The Bertz CT molecular complexity index is 548. The van der Waals surface area contributed by atoms with Crippen LogP contribution in [0, 0.1) is 0 Å². The second kappa shape index (κ2) is 5.24. The lowest BCUT2D eigenvalue weighted by atomic mass is 10.1. The molecule has 2 aromatic rings. The van der Waals surface area contributed by atoms with Crippen molar-refractivity contribution in [2.75, 3.05) is 0 Å². The lowest BCUT2D eigenvalue weighted by molar-refractivity contribution is -0.137. The molecule has 0 amide bonds. The molecule has 19 heavy (non-hydrogen) atoms. The number of benzene rings is 1. The Morgan fingerprint density at radius 1 is 1.21 bits per heavy atom. The zero-order chi connectivity index (χ0) is 14.0. The van der Waals surface area contributed by atoms with Gasteiger partial charge in [0.25, 0.3) is 0 Å². The predicted molar refractivity (Wildman–Crippen MR) is 66.7 cm³/mol. The van der Waals surface area contributed by atoms with E-state index in [0.717, 1.165) is 22.9 Å². The molecular weight excluding hydrogens is 275 g/mol. The van der Waals surface area contributed by atoms with Crippen LogP contribution in [0.25, 0.3) is 0 Å². The van der Waals surface area contributed by atoms with E-state index in [1.165, 1.54) is 23.9 Å². The zero-order valence-electron chi connectivity index (χ0n) is 10.3. The molecule has 0 aliphatic rings. The monoisotopic (exact) mass is 287 g/mol. The van der Waals surface area contributed by atoms with Crippen molar-refractivity contribution in [2.45, 2.75) is 23.5 Å². The lowest BCUT2D eigenvalue weighted by Crippen LogP contribution is -2.04. The third kappa shape index (κ3) is 3.28. The quantitative estimate of drug-likeness (QED) is 0.807. The Kier molecular flexibility index (Phi) is 3.84. The van der Waals surface area contributed by atoms with Gasteiger partial charge < -0.3 is 4.57 Å². The van der Waals surface area contributed by atoms with E-state index in [1.54, 1.807) is 10.9 Å². The first kappa shape index (κ1) is 13.9. The molecule has 0 bridgehead atoms. The zero-order valence-corrected chi connectivity index (χ0v) is 11.2. The maximum Gasteiger partial charge on any atom is 0.416 e. The Morgan fingerprint density at radius 3 is 2.32 bits per heavy atom. The fourth-order valence-electron chi connectivity index (χ4n) is 1.55. The largest absolute Gasteiger partial charge is 0.416 e. The van der Waals surface area contributed by atoms with Gasteiger partial charge in [-0.15, -0.1) is 10.2 Å². The maximum absolute atomic E-state index is 12.5. The molecule has 1 aromatic heterocycles. The number of hydrogen-bond donors (Lipinski definition) is 0. The Hall–Kier alpha value is -1.50. The van der Waals surface area contributed by atoms with Gasteiger partial charge in [-0.1, -0.05) is 23.9 Å². The van der Waals surface area contributed by atoms with Gasteiger partial charge in [0.15, 0.2) is 5.16 Å². The van der Waals surface area contributed by atoms with Crippen molar-refractivity contribution in [3.05, 3.63) is 41.7 Å². The number of aryl methyl sites for hydroxylation is 1. The molecule has 0 unspecified atom stereocenters. The first-order chi connectivity index (χ1) is 8.88. The van der Waals surface area contributed by atoms with Crippen LogP contribution in [0.4, 0.5) is 13.2 Å². The van der Waals surface area contributed by atoms with Crippen LogP contribution in [0.5, 0.6) is 0 Å². The van der Waals surface area contributed by atoms with Crippen LogP contribution in [0.3, 0.4) is 0 Å². The van der Waals surface area contributed by atoms with Gasteiger partial charge in [-0.25, -0.2) is 0 Å². The summed E-state index contributed by atoms with van der Waals surface area (Å²) in [6.07, 6.45) is -2.71. The molecule has 0 radical (unpaired) electrons. The van der Waals surface area contributed by atoms with Crippen molar-refractivity contribution < 1.29 is 13.2 Å². The molecule has 0 saturated heterocycles. The summed E-state index contributed by atoms with van der Waals surface area (Å²) in [5.41, 5.74) is 0.188. The van der Waals surface area contributed by atoms with E-state index in [4.69, 9.17) is 0 Å². The average Bonchev–Trinajstić information content (AvgIpc) is 2.74. The molecule has 0 aliphatic heterocycles. The first-order valence-corrected chi connectivity index (χ1v) is 6.43. The molecule has 102 valence electrons. The summed E-state index contributed by atoms with van der Waals surface area (Å²) in [4.78, 5) is 0. The van der Waals surface area contributed by atoms with Gasteiger partial charge in [0.2, 0.25) is 0 Å². The fraction of sp³-hybridized carbons (Fsp3) is 0.333. The molecule has 0 fully saturated rings. The van der Waals surface area contributed by atoms with E-state index in [9.17, 15) is 13.2 Å². The summed E-state index contributed by atoms with van der Waals surface area (Å²) in [6.45, 7) is 1.92. The van der Waals surface area contributed by atoms with Crippen LogP contribution < -0.4 is 0 Å². The summed E-state index contributed by atoms with van der Waals surface area (Å²) < 4.78 is 39.1. The van der Waals surface area contributed by atoms with E-state index in [2.05, 4.69) is 10.2 Å². The van der Waals surface area contributed by atoms with Crippen LogP contribution in [0.1, 0.15) is 23.3 Å². The second-order valence-corrected chi connectivity index (χ2v) is 5.41. The van der Waals surface area contributed by atoms with Crippen molar-refractivity contribution in [1.82, 2.24) is 14.8 Å². The first-order valence-electron chi connectivity index (χ1n) is 5.55. The molecule has 3 nitrogen and oxygen atoms in total. The molecule has 1 atom stereocenters. The van der Waals surface area contributed by atoms with E-state index < -0.39 is 11.7 Å². The van der Waals surface area contributed by atoms with Gasteiger partial charge in [-0.2, -0.15) is 13.2 Å². The summed E-state index contributed by atoms with van der Waals surface area (Å²) in [5.74, 6) is 0. The Morgan fingerprint density at radius 2 is 1.84 bits per heavy atom. The van der Waals surface area contributed by atoms with Gasteiger partial charge in [0.1, 0.15) is 6.33 Å². The maximum atomic E-state index is 12.5. The molecule has 0 aliphatic carbocycles. The van der Waals surface area contributed by atoms with E-state index >= 15 is 0 Å². The van der Waals surface area contributed by atoms with Crippen LogP contribution >= 0.6 is 11.8 Å². The number of nitrogens with zero attached hydrogens (tertiary/aromatic N) is 3. The highest BCUT2D eigenvalue weighted by Crippen LogP contribution is 2.35. The highest BCUT2D eigenvalue weighted by molar-refractivity contribution is 7.99. The van der Waals surface area contributed by atoms with E-state index in [-0.39, 0.29) is 5.25 Å². The average molecular weight is 287 g/mol. The molecule has 0 spiro atoms. The van der Waals surface area contributed by atoms with Crippen molar-refractivity contribution in [2.24, 2.45) is 7.05 Å². The fourth-order valence-corrected chi connectivity index (χ4v) is 2.47. The van der Waals surface area contributed by atoms with Gasteiger partial charge in [0.05, 0.1) is 5.56 Å². The number of rotatable bonds is 3. The number of halogens is 3. The summed E-state index contributed by atoms with van der Waals surface area (Å²) in [6, 6.07) is 5.19. The Balaban J connectivity index is 2.12. The standard InChI is InChI=1S/C12H12F3N3S/c1-8(19-11-17-16-7-18(11)2)9-3-5-10(6-4-9)12(13,14)15/h3-8H,1-2H3/t8-/m1/s1. The minimum absolute atomic E-state index is 0.00480. The molecule has 1 heterocycles. The SMILES string of the molecule is C[C@@H](Sc1nncn1C)c1ccc(C(F)(F)F)cc1. The molecule has 2 rings (SSSR count). The number of aromatic nitrogens is 3. The highest BCUT2D eigenvalue weighted by atomic mass is 32.2. The predicted octanol–water partition coefficient (Wildman–Crippen LogP) is 3.69. The van der Waals surface area contributed by atoms with E-state index in [0.29, 0.717) is 0 Å². The van der Waals surface area contributed by atoms with Crippen LogP contribution in [0.15, 0.2) is 35.7 Å². The molecule has 0 saturated carbocycles. The number of thioether (sulfide) groups is 1. The smallest absolute Gasteiger partial charge is 0.312 e. The van der Waals surface area contributed by atoms with Crippen LogP contribution in [-0.2, 0) is 13.2 Å². The lowest BCUT2D eigenvalue weighted by Gasteiger charge is -2.12. The van der Waals surface area contributed by atoms with Gasteiger partial charge in [-0.3, -0.25) is 0 Å². The minimum Gasteiger partial charge on any atom is -0.312 e. The van der Waals surface area contributed by atoms with Gasteiger partial charge in [0, 0.05) is 12.3 Å². The molecular formula is C12H12F3N3S. The summed E-state index contributed by atoms with van der Waals surface area (Å²) in [5, 5.41) is 8.43. The summed E-state index contributed by atoms with van der Waals surface area (Å²) in [7, 11) is 1.82. The topological polar surface area (TPSA) is 30.7 Å². The van der Waals surface area contributed by atoms with Crippen molar-refractivity contribution >= 4 is 11.8 Å². The number of alkyl halides is 3. The van der Waals surface area contributed by atoms with Crippen LogP contribution in [0.2, 0.25) is 0 Å². The van der Waals surface area contributed by atoms with E-state index in [1.807, 2.05) is 14.0 Å². The minimum atomic E-state index is -4.29. The van der Waals surface area contributed by atoms with Crippen molar-refractivity contribution in [3.8, 4) is 0 Å². The molecule has 7 heteroatoms. The molecule has 1 aromatic carbocycles. The number of hydrogen-bond acceptors (Lipinski definition) is 3. The van der Waals surface area contributed by atoms with Crippen LogP contribution in [-0.4, -0.2) is 14.8 Å². The van der Waals surface area contributed by atoms with Gasteiger partial charge >= 0.3 is 6.18 Å². The van der Waals surface area contributed by atoms with Crippen molar-refractivity contribution in [1.29, 1.82) is 0 Å². The third-order valence-corrected chi connectivity index (χ3v) is 3.87. The Labute approximate surface area is 112 Å². The molecule has 0 N–H and O–H groups in total. The highest BCUT2D eigenvalue weighted by Gasteiger charge is 2.30.